The highest BCUT2D eigenvalue weighted by Crippen LogP contribution is 2.33. The number of fused-ring (bicyclic) bond motifs is 1. The van der Waals surface area contributed by atoms with E-state index in [4.69, 9.17) is 10.2 Å². The molecule has 0 fully saturated rings. The Bertz CT molecular complexity index is 824. The highest BCUT2D eigenvalue weighted by atomic mass is 16.6. The average molecular weight is 306 g/mol. The van der Waals surface area contributed by atoms with Crippen LogP contribution in [0.1, 0.15) is 29.5 Å². The van der Waals surface area contributed by atoms with E-state index in [1.165, 1.54) is 0 Å². The molecule has 1 heterocycles. The fraction of sp³-hybridized carbons (Fsp3) is 0.286. The van der Waals surface area contributed by atoms with Crippen molar-refractivity contribution in [3.05, 3.63) is 43.8 Å². The Balaban J connectivity index is 2.91. The Morgan fingerprint density at radius 1 is 1.45 bits per heavy atom. The van der Waals surface area contributed by atoms with E-state index in [1.807, 2.05) is 6.92 Å². The molecule has 2 N–H and O–H groups in total. The van der Waals surface area contributed by atoms with E-state index in [9.17, 15) is 19.7 Å². The maximum Gasteiger partial charge on any atom is 0.374 e. The molecule has 2 aromatic rings. The van der Waals surface area contributed by atoms with Crippen molar-refractivity contribution >= 4 is 28.3 Å². The largest absolute Gasteiger partial charge is 0.463 e. The Morgan fingerprint density at radius 2 is 2.14 bits per heavy atom. The van der Waals surface area contributed by atoms with Crippen LogP contribution in [0.25, 0.3) is 11.0 Å². The van der Waals surface area contributed by atoms with Crippen LogP contribution in [-0.4, -0.2) is 18.0 Å². The second-order valence-electron chi connectivity index (χ2n) is 4.64. The number of anilines is 1. The lowest BCUT2D eigenvalue weighted by molar-refractivity contribution is -0.383. The number of nitro groups is 1. The molecule has 8 nitrogen and oxygen atoms in total. The minimum atomic E-state index is -0.807. The minimum Gasteiger partial charge on any atom is -0.463 e. The summed E-state index contributed by atoms with van der Waals surface area (Å²) < 4.78 is 9.94. The number of methoxy groups -OCH3 is 1. The van der Waals surface area contributed by atoms with Gasteiger partial charge in [0.05, 0.1) is 17.4 Å². The Labute approximate surface area is 124 Å². The summed E-state index contributed by atoms with van der Waals surface area (Å²) in [5.74, 6) is -1.08. The molecule has 0 radical (unpaired) electrons. The first-order valence-corrected chi connectivity index (χ1v) is 6.52. The molecule has 22 heavy (non-hydrogen) atoms. The van der Waals surface area contributed by atoms with Gasteiger partial charge in [-0.2, -0.15) is 0 Å². The number of carbonyl (C=O) groups excluding carboxylic acids is 1. The van der Waals surface area contributed by atoms with Crippen LogP contribution in [0.3, 0.4) is 0 Å². The zero-order valence-corrected chi connectivity index (χ0v) is 12.0. The Hall–Kier alpha value is -2.90. The molecule has 1 aromatic carbocycles. The summed E-state index contributed by atoms with van der Waals surface area (Å²) in [4.78, 5) is 34.1. The summed E-state index contributed by atoms with van der Waals surface area (Å²) in [6.07, 6.45) is 1.00. The topological polar surface area (TPSA) is 126 Å². The summed E-state index contributed by atoms with van der Waals surface area (Å²) in [5.41, 5.74) is 5.26. The molecule has 0 spiro atoms. The fourth-order valence-electron chi connectivity index (χ4n) is 2.21. The van der Waals surface area contributed by atoms with Crippen LogP contribution < -0.4 is 11.2 Å². The number of benzene rings is 1. The SMILES string of the molecule is CCCc1c(N)c([N+](=O)[O-])cc2c(=O)cc(C(=O)OC)oc12. The van der Waals surface area contributed by atoms with E-state index in [1.54, 1.807) is 0 Å². The Kier molecular flexibility index (Phi) is 4.11. The van der Waals surface area contributed by atoms with Crippen LogP contribution in [-0.2, 0) is 11.2 Å². The highest BCUT2D eigenvalue weighted by molar-refractivity contribution is 5.93. The molecule has 0 aliphatic heterocycles. The number of hydrogen-bond acceptors (Lipinski definition) is 7. The van der Waals surface area contributed by atoms with E-state index < -0.39 is 16.3 Å². The third-order valence-corrected chi connectivity index (χ3v) is 3.22. The zero-order chi connectivity index (χ0) is 16.4. The van der Waals surface area contributed by atoms with Crippen molar-refractivity contribution in [1.82, 2.24) is 0 Å². The van der Waals surface area contributed by atoms with Crippen molar-refractivity contribution in [3.63, 3.8) is 0 Å². The number of esters is 1. The van der Waals surface area contributed by atoms with Gasteiger partial charge in [-0.25, -0.2) is 4.79 Å². The van der Waals surface area contributed by atoms with Gasteiger partial charge in [0.2, 0.25) is 5.76 Å². The first-order chi connectivity index (χ1) is 10.4. The lowest BCUT2D eigenvalue weighted by Gasteiger charge is -2.09. The molecule has 0 unspecified atom stereocenters. The van der Waals surface area contributed by atoms with Crippen molar-refractivity contribution in [2.24, 2.45) is 0 Å². The van der Waals surface area contributed by atoms with E-state index in [0.717, 1.165) is 19.2 Å². The normalized spacial score (nSPS) is 10.6. The van der Waals surface area contributed by atoms with Gasteiger partial charge in [0.1, 0.15) is 11.3 Å². The quantitative estimate of drug-likeness (QED) is 0.396. The lowest BCUT2D eigenvalue weighted by atomic mass is 10.0. The molecule has 0 amide bonds. The molecule has 0 bridgehead atoms. The van der Waals surface area contributed by atoms with Gasteiger partial charge in [-0.05, 0) is 6.42 Å². The van der Waals surface area contributed by atoms with Gasteiger partial charge in [0.15, 0.2) is 5.43 Å². The van der Waals surface area contributed by atoms with E-state index in [2.05, 4.69) is 4.74 Å². The van der Waals surface area contributed by atoms with Gasteiger partial charge in [-0.15, -0.1) is 0 Å². The van der Waals surface area contributed by atoms with Crippen LogP contribution in [0, 0.1) is 10.1 Å². The van der Waals surface area contributed by atoms with Gasteiger partial charge in [-0.1, -0.05) is 13.3 Å². The summed E-state index contributed by atoms with van der Waals surface area (Å²) in [6, 6.07) is 2.01. The summed E-state index contributed by atoms with van der Waals surface area (Å²) in [5, 5.41) is 11.1. The number of aryl methyl sites for hydroxylation is 1. The molecule has 2 rings (SSSR count). The smallest absolute Gasteiger partial charge is 0.374 e. The molecule has 0 aliphatic carbocycles. The van der Waals surface area contributed by atoms with Crippen molar-refractivity contribution in [2.45, 2.75) is 19.8 Å². The van der Waals surface area contributed by atoms with E-state index >= 15 is 0 Å². The zero-order valence-electron chi connectivity index (χ0n) is 12.0. The lowest BCUT2D eigenvalue weighted by Crippen LogP contribution is -2.11. The third-order valence-electron chi connectivity index (χ3n) is 3.22. The molecule has 8 heteroatoms. The first-order valence-electron chi connectivity index (χ1n) is 6.52. The van der Waals surface area contributed by atoms with Crippen molar-refractivity contribution in [3.8, 4) is 0 Å². The molecule has 116 valence electrons. The maximum absolute atomic E-state index is 12.1. The molecule has 0 saturated carbocycles. The number of nitrogens with zero attached hydrogens (tertiary/aromatic N) is 1. The van der Waals surface area contributed by atoms with Crippen molar-refractivity contribution < 1.29 is 18.9 Å². The molecular weight excluding hydrogens is 292 g/mol. The van der Waals surface area contributed by atoms with Crippen LogP contribution in [0.4, 0.5) is 11.4 Å². The second-order valence-corrected chi connectivity index (χ2v) is 4.64. The highest BCUT2D eigenvalue weighted by Gasteiger charge is 2.23. The van der Waals surface area contributed by atoms with E-state index in [-0.39, 0.29) is 28.1 Å². The number of carbonyl (C=O) groups is 1. The first kappa shape index (κ1) is 15.5. The van der Waals surface area contributed by atoms with Crippen LogP contribution in [0.15, 0.2) is 21.3 Å². The van der Waals surface area contributed by atoms with Gasteiger partial charge >= 0.3 is 5.97 Å². The fourth-order valence-corrected chi connectivity index (χ4v) is 2.21. The Morgan fingerprint density at radius 3 is 2.68 bits per heavy atom. The van der Waals surface area contributed by atoms with Crippen LogP contribution >= 0.6 is 0 Å². The molecule has 0 atom stereocenters. The summed E-state index contributed by atoms with van der Waals surface area (Å²) in [7, 11) is 1.16. The predicted octanol–water partition coefficient (Wildman–Crippen LogP) is 2.02. The monoisotopic (exact) mass is 306 g/mol. The van der Waals surface area contributed by atoms with Crippen LogP contribution in [0.5, 0.6) is 0 Å². The maximum atomic E-state index is 12.1. The number of nitrogen functional groups attached to an aromatic ring is 1. The number of hydrogen-bond donors (Lipinski definition) is 1. The minimum absolute atomic E-state index is 0.0111. The molecule has 0 saturated heterocycles. The number of ether oxygens (including phenoxy) is 1. The van der Waals surface area contributed by atoms with Crippen molar-refractivity contribution in [1.29, 1.82) is 0 Å². The standard InChI is InChI=1S/C14H14N2O6/c1-3-4-7-12(15)9(16(19)20)5-8-10(17)6-11(14(18)21-2)22-13(7)8/h5-6H,3-4,15H2,1-2H3. The van der Waals surface area contributed by atoms with Gasteiger partial charge in [-0.3, -0.25) is 14.9 Å². The van der Waals surface area contributed by atoms with E-state index in [0.29, 0.717) is 18.4 Å². The van der Waals surface area contributed by atoms with Crippen LogP contribution in [0.2, 0.25) is 0 Å². The van der Waals surface area contributed by atoms with Gasteiger partial charge < -0.3 is 14.9 Å². The molecule has 1 aromatic heterocycles. The van der Waals surface area contributed by atoms with Gasteiger partial charge in [0.25, 0.3) is 5.69 Å². The number of nitro benzene ring substituents is 1. The van der Waals surface area contributed by atoms with Crippen molar-refractivity contribution in [2.75, 3.05) is 12.8 Å². The average Bonchev–Trinajstić information content (AvgIpc) is 2.48. The molecule has 0 aliphatic rings. The number of nitrogens with two attached hydrogens (primary N) is 1. The number of rotatable bonds is 4. The second kappa shape index (κ2) is 5.84. The molecular formula is C14H14N2O6. The summed E-state index contributed by atoms with van der Waals surface area (Å²) in [6.45, 7) is 1.85. The summed E-state index contributed by atoms with van der Waals surface area (Å²) >= 11 is 0. The third kappa shape index (κ3) is 2.50. The predicted molar refractivity (Wildman–Crippen MR) is 78.9 cm³/mol. The van der Waals surface area contributed by atoms with Gasteiger partial charge in [0, 0.05) is 17.7 Å².